The lowest BCUT2D eigenvalue weighted by Crippen LogP contribution is -1.89. The SMILES string of the molecule is Cc1cc(-c2[nH]nc(N)c2-c2cccnc2)ccc1Cl. The Labute approximate surface area is 121 Å². The van der Waals surface area contributed by atoms with Crippen molar-refractivity contribution in [3.8, 4) is 22.4 Å². The molecule has 1 aromatic carbocycles. The predicted octanol–water partition coefficient (Wildman–Crippen LogP) is 3.68. The monoisotopic (exact) mass is 284 g/mol. The summed E-state index contributed by atoms with van der Waals surface area (Å²) in [6.07, 6.45) is 3.50. The number of pyridine rings is 1. The Balaban J connectivity index is 2.18. The Hall–Kier alpha value is -2.33. The summed E-state index contributed by atoms with van der Waals surface area (Å²) in [6.45, 7) is 1.97. The van der Waals surface area contributed by atoms with Gasteiger partial charge in [0, 0.05) is 28.5 Å². The summed E-state index contributed by atoms with van der Waals surface area (Å²) in [5.74, 6) is 0.459. The highest BCUT2D eigenvalue weighted by molar-refractivity contribution is 6.31. The summed E-state index contributed by atoms with van der Waals surface area (Å²) in [4.78, 5) is 4.13. The number of aromatic amines is 1. The molecule has 2 aromatic heterocycles. The molecule has 3 aromatic rings. The van der Waals surface area contributed by atoms with Crippen molar-refractivity contribution in [2.75, 3.05) is 5.73 Å². The minimum absolute atomic E-state index is 0.459. The molecule has 4 nitrogen and oxygen atoms in total. The largest absolute Gasteiger partial charge is 0.382 e. The highest BCUT2D eigenvalue weighted by Crippen LogP contribution is 2.35. The van der Waals surface area contributed by atoms with Gasteiger partial charge in [0.1, 0.15) is 0 Å². The van der Waals surface area contributed by atoms with E-state index in [2.05, 4.69) is 15.2 Å². The first-order valence-corrected chi connectivity index (χ1v) is 6.55. The maximum atomic E-state index is 6.07. The molecule has 3 rings (SSSR count). The van der Waals surface area contributed by atoms with Gasteiger partial charge in [-0.2, -0.15) is 5.10 Å². The van der Waals surface area contributed by atoms with E-state index in [1.165, 1.54) is 0 Å². The molecule has 0 aliphatic heterocycles. The fourth-order valence-electron chi connectivity index (χ4n) is 2.17. The second-order valence-electron chi connectivity index (χ2n) is 4.56. The number of anilines is 1. The van der Waals surface area contributed by atoms with E-state index in [-0.39, 0.29) is 0 Å². The average molecular weight is 285 g/mol. The molecule has 0 saturated heterocycles. The van der Waals surface area contributed by atoms with Crippen LogP contribution in [-0.4, -0.2) is 15.2 Å². The number of rotatable bonds is 2. The zero-order valence-electron chi connectivity index (χ0n) is 10.9. The van der Waals surface area contributed by atoms with Gasteiger partial charge in [-0.1, -0.05) is 23.7 Å². The van der Waals surface area contributed by atoms with Crippen LogP contribution in [0.5, 0.6) is 0 Å². The van der Waals surface area contributed by atoms with Gasteiger partial charge in [-0.05, 0) is 30.7 Å². The molecule has 20 heavy (non-hydrogen) atoms. The van der Waals surface area contributed by atoms with Crippen molar-refractivity contribution < 1.29 is 0 Å². The molecule has 0 amide bonds. The highest BCUT2D eigenvalue weighted by Gasteiger charge is 2.15. The molecule has 0 spiro atoms. The van der Waals surface area contributed by atoms with E-state index in [9.17, 15) is 0 Å². The molecule has 3 N–H and O–H groups in total. The molecule has 0 unspecified atom stereocenters. The number of aryl methyl sites for hydroxylation is 1. The van der Waals surface area contributed by atoms with Crippen LogP contribution in [0.15, 0.2) is 42.7 Å². The van der Waals surface area contributed by atoms with Gasteiger partial charge in [-0.15, -0.1) is 0 Å². The van der Waals surface area contributed by atoms with E-state index < -0.39 is 0 Å². The van der Waals surface area contributed by atoms with E-state index in [1.807, 2.05) is 37.3 Å². The van der Waals surface area contributed by atoms with E-state index in [0.717, 1.165) is 33.0 Å². The highest BCUT2D eigenvalue weighted by atomic mass is 35.5. The zero-order valence-corrected chi connectivity index (χ0v) is 11.6. The van der Waals surface area contributed by atoms with Crippen LogP contribution in [0.3, 0.4) is 0 Å². The maximum absolute atomic E-state index is 6.07. The van der Waals surface area contributed by atoms with Crippen LogP contribution in [0.1, 0.15) is 5.56 Å². The number of H-pyrrole nitrogens is 1. The maximum Gasteiger partial charge on any atom is 0.153 e. The molecule has 0 saturated carbocycles. The number of aromatic nitrogens is 3. The van der Waals surface area contributed by atoms with Crippen molar-refractivity contribution in [1.82, 2.24) is 15.2 Å². The van der Waals surface area contributed by atoms with Crippen LogP contribution in [0.25, 0.3) is 22.4 Å². The normalized spacial score (nSPS) is 10.7. The third kappa shape index (κ3) is 2.14. The number of halogens is 1. The van der Waals surface area contributed by atoms with Gasteiger partial charge in [-0.3, -0.25) is 10.1 Å². The molecular formula is C15H13ClN4. The summed E-state index contributed by atoms with van der Waals surface area (Å²) in [7, 11) is 0. The van der Waals surface area contributed by atoms with E-state index in [0.29, 0.717) is 5.82 Å². The molecule has 0 bridgehead atoms. The second kappa shape index (κ2) is 4.98. The number of nitrogen functional groups attached to an aromatic ring is 1. The van der Waals surface area contributed by atoms with Gasteiger partial charge < -0.3 is 5.73 Å². The summed E-state index contributed by atoms with van der Waals surface area (Å²) in [5, 5.41) is 7.84. The summed E-state index contributed by atoms with van der Waals surface area (Å²) >= 11 is 6.07. The number of nitrogens with one attached hydrogen (secondary N) is 1. The minimum Gasteiger partial charge on any atom is -0.382 e. The Morgan fingerprint density at radius 3 is 2.75 bits per heavy atom. The fourth-order valence-corrected chi connectivity index (χ4v) is 2.29. The third-order valence-corrected chi connectivity index (χ3v) is 3.62. The van der Waals surface area contributed by atoms with E-state index in [1.54, 1.807) is 12.4 Å². The smallest absolute Gasteiger partial charge is 0.153 e. The first-order chi connectivity index (χ1) is 9.66. The number of hydrogen-bond acceptors (Lipinski definition) is 3. The Bertz CT molecular complexity index is 750. The van der Waals surface area contributed by atoms with Crippen LogP contribution in [-0.2, 0) is 0 Å². The molecular weight excluding hydrogens is 272 g/mol. The van der Waals surface area contributed by atoms with E-state index >= 15 is 0 Å². The first-order valence-electron chi connectivity index (χ1n) is 6.17. The second-order valence-corrected chi connectivity index (χ2v) is 4.97. The van der Waals surface area contributed by atoms with Gasteiger partial charge in [0.15, 0.2) is 5.82 Å². The van der Waals surface area contributed by atoms with Crippen molar-refractivity contribution in [2.24, 2.45) is 0 Å². The standard InChI is InChI=1S/C15H13ClN4/c1-9-7-10(4-5-12(9)16)14-13(15(17)20-19-14)11-3-2-6-18-8-11/h2-8H,1H3,(H3,17,19,20). The van der Waals surface area contributed by atoms with Gasteiger partial charge in [0.05, 0.1) is 11.3 Å². The summed E-state index contributed by atoms with van der Waals surface area (Å²) in [5.41, 5.74) is 10.6. The van der Waals surface area contributed by atoms with Crippen LogP contribution in [0.2, 0.25) is 5.02 Å². The quantitative estimate of drug-likeness (QED) is 0.754. The lowest BCUT2D eigenvalue weighted by atomic mass is 10.0. The molecule has 2 heterocycles. The fraction of sp³-hybridized carbons (Fsp3) is 0.0667. The van der Waals surface area contributed by atoms with Crippen molar-refractivity contribution in [1.29, 1.82) is 0 Å². The Kier molecular flexibility index (Phi) is 3.16. The predicted molar refractivity (Wildman–Crippen MR) is 81.4 cm³/mol. The average Bonchev–Trinajstić information content (AvgIpc) is 2.85. The van der Waals surface area contributed by atoms with Crippen LogP contribution >= 0.6 is 11.6 Å². The van der Waals surface area contributed by atoms with Crippen LogP contribution < -0.4 is 5.73 Å². The van der Waals surface area contributed by atoms with Gasteiger partial charge >= 0.3 is 0 Å². The van der Waals surface area contributed by atoms with Gasteiger partial charge in [-0.25, -0.2) is 0 Å². The van der Waals surface area contributed by atoms with Crippen molar-refractivity contribution in [3.63, 3.8) is 0 Å². The third-order valence-electron chi connectivity index (χ3n) is 3.19. The lowest BCUT2D eigenvalue weighted by Gasteiger charge is -2.06. The first kappa shape index (κ1) is 12.7. The van der Waals surface area contributed by atoms with Crippen LogP contribution in [0, 0.1) is 6.92 Å². The van der Waals surface area contributed by atoms with E-state index in [4.69, 9.17) is 17.3 Å². The minimum atomic E-state index is 0.459. The van der Waals surface area contributed by atoms with Gasteiger partial charge in [0.2, 0.25) is 0 Å². The van der Waals surface area contributed by atoms with Gasteiger partial charge in [0.25, 0.3) is 0 Å². The topological polar surface area (TPSA) is 67.6 Å². The Morgan fingerprint density at radius 2 is 2.05 bits per heavy atom. The van der Waals surface area contributed by atoms with Crippen molar-refractivity contribution in [3.05, 3.63) is 53.3 Å². The number of nitrogens with two attached hydrogens (primary N) is 1. The summed E-state index contributed by atoms with van der Waals surface area (Å²) in [6, 6.07) is 9.66. The van der Waals surface area contributed by atoms with Crippen molar-refractivity contribution in [2.45, 2.75) is 6.92 Å². The van der Waals surface area contributed by atoms with Crippen molar-refractivity contribution >= 4 is 17.4 Å². The van der Waals surface area contributed by atoms with Crippen LogP contribution in [0.4, 0.5) is 5.82 Å². The zero-order chi connectivity index (χ0) is 14.1. The number of benzene rings is 1. The number of nitrogens with zero attached hydrogens (tertiary/aromatic N) is 2. The molecule has 0 atom stereocenters. The Morgan fingerprint density at radius 1 is 1.20 bits per heavy atom. The molecule has 100 valence electrons. The molecule has 0 aliphatic rings. The molecule has 0 fully saturated rings. The molecule has 5 heteroatoms. The molecule has 0 radical (unpaired) electrons. The number of hydrogen-bond donors (Lipinski definition) is 2. The summed E-state index contributed by atoms with van der Waals surface area (Å²) < 4.78 is 0. The lowest BCUT2D eigenvalue weighted by molar-refractivity contribution is 1.10. The molecule has 0 aliphatic carbocycles.